The van der Waals surface area contributed by atoms with Crippen LogP contribution in [0.5, 0.6) is 0 Å². The van der Waals surface area contributed by atoms with E-state index in [9.17, 15) is 13.2 Å². The van der Waals surface area contributed by atoms with Crippen LogP contribution in [0.15, 0.2) is 0 Å². The van der Waals surface area contributed by atoms with Crippen molar-refractivity contribution in [1.29, 1.82) is 0 Å². The first-order chi connectivity index (χ1) is 9.32. The second kappa shape index (κ2) is 5.99. The summed E-state index contributed by atoms with van der Waals surface area (Å²) in [5, 5.41) is 8.97. The second-order valence-corrected chi connectivity index (χ2v) is 7.99. The zero-order valence-corrected chi connectivity index (χ0v) is 13.0. The first kappa shape index (κ1) is 15.7. The van der Waals surface area contributed by atoms with Crippen LogP contribution >= 0.6 is 0 Å². The molecule has 2 fully saturated rings. The molecule has 2 aliphatic rings. The van der Waals surface area contributed by atoms with Crippen molar-refractivity contribution in [2.45, 2.75) is 45.6 Å². The zero-order chi connectivity index (χ0) is 14.9. The van der Waals surface area contributed by atoms with Crippen LogP contribution in [0, 0.1) is 11.8 Å². The van der Waals surface area contributed by atoms with E-state index < -0.39 is 22.1 Å². The van der Waals surface area contributed by atoms with Crippen LogP contribution in [-0.2, 0) is 15.0 Å². The van der Waals surface area contributed by atoms with Gasteiger partial charge in [-0.1, -0.05) is 6.92 Å². The summed E-state index contributed by atoms with van der Waals surface area (Å²) >= 11 is 0. The standard InChI is InChI=1S/C13H24N2O4S/c1-10-3-8-15(11(2)9-10)20(18,19)14-6-4-12(5-7-14)13(16)17/h10-12H,3-9H2,1-2H3,(H,16,17). The minimum Gasteiger partial charge on any atom is -0.481 e. The Bertz CT molecular complexity index is 457. The number of carboxylic acid groups (broad SMARTS) is 1. The molecule has 2 rings (SSSR count). The van der Waals surface area contributed by atoms with Crippen molar-refractivity contribution in [2.24, 2.45) is 11.8 Å². The first-order valence-electron chi connectivity index (χ1n) is 7.32. The van der Waals surface area contributed by atoms with E-state index in [0.29, 0.717) is 38.4 Å². The molecule has 0 bridgehead atoms. The Balaban J connectivity index is 2.02. The van der Waals surface area contributed by atoms with Gasteiger partial charge in [0.1, 0.15) is 0 Å². The summed E-state index contributed by atoms with van der Waals surface area (Å²) < 4.78 is 28.3. The van der Waals surface area contributed by atoms with Gasteiger partial charge in [0.15, 0.2) is 0 Å². The molecule has 0 amide bonds. The fourth-order valence-corrected chi connectivity index (χ4v) is 5.06. The van der Waals surface area contributed by atoms with Gasteiger partial charge in [-0.15, -0.1) is 0 Å². The van der Waals surface area contributed by atoms with Gasteiger partial charge in [0.25, 0.3) is 10.2 Å². The Morgan fingerprint density at radius 2 is 1.70 bits per heavy atom. The molecular weight excluding hydrogens is 280 g/mol. The molecule has 2 heterocycles. The molecule has 2 atom stereocenters. The average molecular weight is 304 g/mol. The van der Waals surface area contributed by atoms with Crippen molar-refractivity contribution in [1.82, 2.24) is 8.61 Å². The molecule has 0 radical (unpaired) electrons. The number of hydrogen-bond acceptors (Lipinski definition) is 3. The van der Waals surface area contributed by atoms with Crippen molar-refractivity contribution in [2.75, 3.05) is 19.6 Å². The molecule has 0 aromatic rings. The van der Waals surface area contributed by atoms with E-state index in [1.54, 1.807) is 4.31 Å². The summed E-state index contributed by atoms with van der Waals surface area (Å²) in [6.45, 7) is 5.32. The number of rotatable bonds is 3. The Hall–Kier alpha value is -0.660. The number of hydrogen-bond donors (Lipinski definition) is 1. The molecular formula is C13H24N2O4S. The summed E-state index contributed by atoms with van der Waals surface area (Å²) in [7, 11) is -3.43. The number of carbonyl (C=O) groups is 1. The van der Waals surface area contributed by atoms with Crippen LogP contribution in [0.25, 0.3) is 0 Å². The van der Waals surface area contributed by atoms with E-state index in [-0.39, 0.29) is 6.04 Å². The lowest BCUT2D eigenvalue weighted by atomic mass is 9.95. The van der Waals surface area contributed by atoms with Crippen molar-refractivity contribution >= 4 is 16.2 Å². The molecule has 116 valence electrons. The lowest BCUT2D eigenvalue weighted by Gasteiger charge is -2.40. The number of carboxylic acids is 1. The predicted molar refractivity (Wildman–Crippen MR) is 75.4 cm³/mol. The summed E-state index contributed by atoms with van der Waals surface area (Å²) in [6.07, 6.45) is 2.61. The average Bonchev–Trinajstić information content (AvgIpc) is 2.38. The van der Waals surface area contributed by atoms with Crippen LogP contribution in [0.2, 0.25) is 0 Å². The highest BCUT2D eigenvalue weighted by Crippen LogP contribution is 2.28. The summed E-state index contributed by atoms with van der Waals surface area (Å²) in [4.78, 5) is 10.9. The van der Waals surface area contributed by atoms with Gasteiger partial charge in [-0.05, 0) is 38.5 Å². The lowest BCUT2D eigenvalue weighted by molar-refractivity contribution is -0.142. The van der Waals surface area contributed by atoms with E-state index in [1.165, 1.54) is 4.31 Å². The van der Waals surface area contributed by atoms with Crippen molar-refractivity contribution in [3.63, 3.8) is 0 Å². The Labute approximate surface area is 120 Å². The minimum absolute atomic E-state index is 0.0287. The number of piperidine rings is 2. The quantitative estimate of drug-likeness (QED) is 0.848. The van der Waals surface area contributed by atoms with E-state index in [1.807, 2.05) is 6.92 Å². The maximum atomic E-state index is 12.6. The maximum Gasteiger partial charge on any atom is 0.306 e. The number of aliphatic carboxylic acids is 1. The molecule has 2 saturated heterocycles. The Kier molecular flexibility index (Phi) is 4.71. The third-order valence-electron chi connectivity index (χ3n) is 4.50. The predicted octanol–water partition coefficient (Wildman–Crippen LogP) is 1.15. The second-order valence-electron chi connectivity index (χ2n) is 6.11. The van der Waals surface area contributed by atoms with Gasteiger partial charge in [-0.3, -0.25) is 4.79 Å². The molecule has 0 saturated carbocycles. The van der Waals surface area contributed by atoms with E-state index in [0.717, 1.165) is 12.8 Å². The molecule has 1 N–H and O–H groups in total. The highest BCUT2D eigenvalue weighted by molar-refractivity contribution is 7.86. The first-order valence-corrected chi connectivity index (χ1v) is 8.71. The third-order valence-corrected chi connectivity index (χ3v) is 6.66. The highest BCUT2D eigenvalue weighted by Gasteiger charge is 2.38. The van der Waals surface area contributed by atoms with Gasteiger partial charge in [-0.2, -0.15) is 17.0 Å². The van der Waals surface area contributed by atoms with Gasteiger partial charge in [-0.25, -0.2) is 0 Å². The fraction of sp³-hybridized carbons (Fsp3) is 0.923. The molecule has 0 aromatic heterocycles. The molecule has 0 aromatic carbocycles. The van der Waals surface area contributed by atoms with Crippen LogP contribution in [0.1, 0.15) is 39.5 Å². The van der Waals surface area contributed by atoms with Gasteiger partial charge >= 0.3 is 5.97 Å². The van der Waals surface area contributed by atoms with Gasteiger partial charge in [0, 0.05) is 25.7 Å². The molecule has 6 nitrogen and oxygen atoms in total. The van der Waals surface area contributed by atoms with Crippen LogP contribution < -0.4 is 0 Å². The normalized spacial score (nSPS) is 31.3. The molecule has 0 aliphatic carbocycles. The summed E-state index contributed by atoms with van der Waals surface area (Å²) in [5.74, 6) is -0.656. The van der Waals surface area contributed by atoms with Crippen LogP contribution in [0.4, 0.5) is 0 Å². The van der Waals surface area contributed by atoms with Gasteiger partial charge in [0.2, 0.25) is 0 Å². The molecule has 2 unspecified atom stereocenters. The van der Waals surface area contributed by atoms with Gasteiger partial charge < -0.3 is 5.11 Å². The third kappa shape index (κ3) is 3.15. The smallest absolute Gasteiger partial charge is 0.306 e. The highest BCUT2D eigenvalue weighted by atomic mass is 32.2. The Morgan fingerprint density at radius 1 is 1.10 bits per heavy atom. The lowest BCUT2D eigenvalue weighted by Crippen LogP contribution is -2.52. The van der Waals surface area contributed by atoms with Gasteiger partial charge in [0.05, 0.1) is 5.92 Å². The van der Waals surface area contributed by atoms with E-state index in [4.69, 9.17) is 5.11 Å². The SMILES string of the molecule is CC1CCN(S(=O)(=O)N2CCC(C(=O)O)CC2)C(C)C1. The molecule has 0 spiro atoms. The monoisotopic (exact) mass is 304 g/mol. The maximum absolute atomic E-state index is 12.6. The summed E-state index contributed by atoms with van der Waals surface area (Å²) in [5.41, 5.74) is 0. The number of nitrogens with zero attached hydrogens (tertiary/aromatic N) is 2. The van der Waals surface area contributed by atoms with E-state index in [2.05, 4.69) is 6.92 Å². The largest absolute Gasteiger partial charge is 0.481 e. The van der Waals surface area contributed by atoms with E-state index >= 15 is 0 Å². The topological polar surface area (TPSA) is 77.9 Å². The van der Waals surface area contributed by atoms with Crippen LogP contribution in [0.3, 0.4) is 0 Å². The minimum atomic E-state index is -3.43. The van der Waals surface area contributed by atoms with Crippen molar-refractivity contribution < 1.29 is 18.3 Å². The molecule has 2 aliphatic heterocycles. The molecule has 7 heteroatoms. The van der Waals surface area contributed by atoms with Crippen molar-refractivity contribution in [3.8, 4) is 0 Å². The summed E-state index contributed by atoms with van der Waals surface area (Å²) in [6, 6.07) is 0.0287. The molecule has 20 heavy (non-hydrogen) atoms. The van der Waals surface area contributed by atoms with Crippen LogP contribution in [-0.4, -0.2) is 53.8 Å². The zero-order valence-electron chi connectivity index (χ0n) is 12.2. The Morgan fingerprint density at radius 3 is 2.20 bits per heavy atom. The van der Waals surface area contributed by atoms with Crippen molar-refractivity contribution in [3.05, 3.63) is 0 Å². The fourth-order valence-electron chi connectivity index (χ4n) is 3.21.